The van der Waals surface area contributed by atoms with E-state index in [-0.39, 0.29) is 5.54 Å². The maximum Gasteiger partial charge on any atom is 0.102 e. The SMILES string of the molecule is CCC1=CNC2(C=C1)COC2. The van der Waals surface area contributed by atoms with Crippen LogP contribution in [0.1, 0.15) is 13.3 Å². The molecule has 0 atom stereocenters. The zero-order valence-corrected chi connectivity index (χ0v) is 6.76. The van der Waals surface area contributed by atoms with Crippen LogP contribution in [0.25, 0.3) is 0 Å². The van der Waals surface area contributed by atoms with Crippen LogP contribution in [0.2, 0.25) is 0 Å². The maximum absolute atomic E-state index is 5.14. The van der Waals surface area contributed by atoms with E-state index < -0.39 is 0 Å². The quantitative estimate of drug-likeness (QED) is 0.608. The van der Waals surface area contributed by atoms with E-state index in [4.69, 9.17) is 4.74 Å². The molecule has 0 aliphatic carbocycles. The molecule has 0 radical (unpaired) electrons. The highest BCUT2D eigenvalue weighted by Gasteiger charge is 2.35. The second kappa shape index (κ2) is 2.38. The van der Waals surface area contributed by atoms with Gasteiger partial charge in [0.15, 0.2) is 0 Å². The molecule has 1 fully saturated rings. The first-order valence-corrected chi connectivity index (χ1v) is 4.08. The Labute approximate surface area is 66.9 Å². The van der Waals surface area contributed by atoms with E-state index in [2.05, 4.69) is 30.6 Å². The molecule has 1 spiro atoms. The van der Waals surface area contributed by atoms with Crippen LogP contribution in [-0.4, -0.2) is 18.8 Å². The minimum absolute atomic E-state index is 0.151. The van der Waals surface area contributed by atoms with Crippen molar-refractivity contribution >= 4 is 0 Å². The molecule has 2 heterocycles. The number of allylic oxidation sites excluding steroid dienone is 2. The lowest BCUT2D eigenvalue weighted by molar-refractivity contribution is -0.0421. The van der Waals surface area contributed by atoms with Gasteiger partial charge in [0.25, 0.3) is 0 Å². The molecule has 11 heavy (non-hydrogen) atoms. The van der Waals surface area contributed by atoms with Crippen LogP contribution in [0.15, 0.2) is 23.9 Å². The summed E-state index contributed by atoms with van der Waals surface area (Å²) in [7, 11) is 0. The summed E-state index contributed by atoms with van der Waals surface area (Å²) in [6.45, 7) is 3.79. The lowest BCUT2D eigenvalue weighted by atomic mass is 9.93. The normalized spacial score (nSPS) is 25.7. The Morgan fingerprint density at radius 2 is 2.45 bits per heavy atom. The Morgan fingerprint density at radius 1 is 1.64 bits per heavy atom. The molecule has 2 rings (SSSR count). The first-order chi connectivity index (χ1) is 5.35. The van der Waals surface area contributed by atoms with E-state index in [9.17, 15) is 0 Å². The summed E-state index contributed by atoms with van der Waals surface area (Å²) >= 11 is 0. The van der Waals surface area contributed by atoms with Gasteiger partial charge in [-0.15, -0.1) is 0 Å². The van der Waals surface area contributed by atoms with Crippen molar-refractivity contribution in [1.29, 1.82) is 0 Å². The average molecular weight is 151 g/mol. The molecule has 1 saturated heterocycles. The summed E-state index contributed by atoms with van der Waals surface area (Å²) < 4.78 is 5.14. The number of rotatable bonds is 1. The molecule has 60 valence electrons. The van der Waals surface area contributed by atoms with E-state index >= 15 is 0 Å². The van der Waals surface area contributed by atoms with Gasteiger partial charge >= 0.3 is 0 Å². The van der Waals surface area contributed by atoms with Gasteiger partial charge in [-0.05, 0) is 12.0 Å². The fourth-order valence-corrected chi connectivity index (χ4v) is 1.32. The van der Waals surface area contributed by atoms with Gasteiger partial charge in [0.1, 0.15) is 5.54 Å². The summed E-state index contributed by atoms with van der Waals surface area (Å²) in [4.78, 5) is 0. The zero-order chi connectivity index (χ0) is 7.73. The van der Waals surface area contributed by atoms with Gasteiger partial charge in [0, 0.05) is 6.20 Å². The van der Waals surface area contributed by atoms with E-state index in [0.29, 0.717) is 0 Å². The van der Waals surface area contributed by atoms with Crippen LogP contribution in [0.5, 0.6) is 0 Å². The summed E-state index contributed by atoms with van der Waals surface area (Å²) in [5, 5.41) is 3.36. The topological polar surface area (TPSA) is 21.3 Å². The van der Waals surface area contributed by atoms with Crippen LogP contribution in [0.4, 0.5) is 0 Å². The van der Waals surface area contributed by atoms with E-state index in [1.807, 2.05) is 0 Å². The summed E-state index contributed by atoms with van der Waals surface area (Å²) in [5.41, 5.74) is 1.51. The molecular weight excluding hydrogens is 138 g/mol. The molecule has 0 aromatic rings. The van der Waals surface area contributed by atoms with Gasteiger partial charge < -0.3 is 10.1 Å². The third-order valence-corrected chi connectivity index (χ3v) is 2.29. The van der Waals surface area contributed by atoms with Crippen LogP contribution < -0.4 is 5.32 Å². The average Bonchev–Trinajstić information content (AvgIpc) is 2.02. The Bertz CT molecular complexity index is 214. The predicted octanol–water partition coefficient (Wildman–Crippen LogP) is 1.21. The Hall–Kier alpha value is -0.760. The van der Waals surface area contributed by atoms with Crippen molar-refractivity contribution in [2.24, 2.45) is 0 Å². The van der Waals surface area contributed by atoms with Crippen molar-refractivity contribution in [2.45, 2.75) is 18.9 Å². The smallest absolute Gasteiger partial charge is 0.102 e. The summed E-state index contributed by atoms with van der Waals surface area (Å²) in [5.74, 6) is 0. The molecule has 0 amide bonds. The van der Waals surface area contributed by atoms with Crippen LogP contribution in [0.3, 0.4) is 0 Å². The number of ether oxygens (including phenoxy) is 1. The maximum atomic E-state index is 5.14. The van der Waals surface area contributed by atoms with Crippen LogP contribution >= 0.6 is 0 Å². The number of hydrogen-bond donors (Lipinski definition) is 1. The number of hydrogen-bond acceptors (Lipinski definition) is 2. The highest BCUT2D eigenvalue weighted by Crippen LogP contribution is 2.23. The predicted molar refractivity (Wildman–Crippen MR) is 44.2 cm³/mol. The first-order valence-electron chi connectivity index (χ1n) is 4.08. The molecule has 0 bridgehead atoms. The van der Waals surface area contributed by atoms with Crippen molar-refractivity contribution in [2.75, 3.05) is 13.2 Å². The van der Waals surface area contributed by atoms with Gasteiger partial charge in [-0.2, -0.15) is 0 Å². The van der Waals surface area contributed by atoms with Crippen LogP contribution in [-0.2, 0) is 4.74 Å². The number of dihydropyridines is 1. The minimum atomic E-state index is 0.151. The minimum Gasteiger partial charge on any atom is -0.378 e. The molecule has 0 aromatic heterocycles. The Balaban J connectivity index is 2.05. The van der Waals surface area contributed by atoms with Crippen molar-refractivity contribution < 1.29 is 4.74 Å². The highest BCUT2D eigenvalue weighted by atomic mass is 16.5. The highest BCUT2D eigenvalue weighted by molar-refractivity contribution is 5.29. The molecule has 2 aliphatic rings. The second-order valence-corrected chi connectivity index (χ2v) is 3.20. The van der Waals surface area contributed by atoms with Crippen LogP contribution in [0, 0.1) is 0 Å². The van der Waals surface area contributed by atoms with E-state index in [1.54, 1.807) is 0 Å². The van der Waals surface area contributed by atoms with Gasteiger partial charge in [-0.3, -0.25) is 0 Å². The Morgan fingerprint density at radius 3 is 2.82 bits per heavy atom. The van der Waals surface area contributed by atoms with E-state index in [1.165, 1.54) is 5.57 Å². The summed E-state index contributed by atoms with van der Waals surface area (Å²) in [6, 6.07) is 0. The fourth-order valence-electron chi connectivity index (χ4n) is 1.32. The fraction of sp³-hybridized carbons (Fsp3) is 0.556. The Kier molecular flexibility index (Phi) is 1.50. The van der Waals surface area contributed by atoms with Gasteiger partial charge in [-0.25, -0.2) is 0 Å². The molecule has 2 aliphatic heterocycles. The van der Waals surface area contributed by atoms with E-state index in [0.717, 1.165) is 19.6 Å². The molecule has 0 aromatic carbocycles. The monoisotopic (exact) mass is 151 g/mol. The molecular formula is C9H13NO. The molecule has 2 nitrogen and oxygen atoms in total. The first kappa shape index (κ1) is 6.92. The third kappa shape index (κ3) is 1.07. The standard InChI is InChI=1S/C9H13NO/c1-2-8-3-4-9(10-5-8)6-11-7-9/h3-5,10H,2,6-7H2,1H3. The number of nitrogens with one attached hydrogen (secondary N) is 1. The third-order valence-electron chi connectivity index (χ3n) is 2.29. The second-order valence-electron chi connectivity index (χ2n) is 3.20. The zero-order valence-electron chi connectivity index (χ0n) is 6.76. The van der Waals surface area contributed by atoms with Crippen molar-refractivity contribution in [3.05, 3.63) is 23.9 Å². The lowest BCUT2D eigenvalue weighted by Gasteiger charge is -2.41. The summed E-state index contributed by atoms with van der Waals surface area (Å²) in [6.07, 6.45) is 7.61. The van der Waals surface area contributed by atoms with Gasteiger partial charge in [0.05, 0.1) is 13.2 Å². The molecule has 0 saturated carbocycles. The van der Waals surface area contributed by atoms with Crippen molar-refractivity contribution in [3.63, 3.8) is 0 Å². The van der Waals surface area contributed by atoms with Crippen molar-refractivity contribution in [3.8, 4) is 0 Å². The van der Waals surface area contributed by atoms with Gasteiger partial charge in [0.2, 0.25) is 0 Å². The molecule has 2 heteroatoms. The largest absolute Gasteiger partial charge is 0.378 e. The van der Waals surface area contributed by atoms with Crippen molar-refractivity contribution in [1.82, 2.24) is 5.32 Å². The lowest BCUT2D eigenvalue weighted by Crippen LogP contribution is -2.58. The molecule has 0 unspecified atom stereocenters. The molecule has 1 N–H and O–H groups in total. The van der Waals surface area contributed by atoms with Gasteiger partial charge in [-0.1, -0.05) is 19.1 Å².